The largest absolute Gasteiger partial charge is 0.465 e. The van der Waals surface area contributed by atoms with Crippen molar-refractivity contribution in [1.29, 1.82) is 0 Å². The molecule has 1 N–H and O–H groups in total. The van der Waals surface area contributed by atoms with Crippen molar-refractivity contribution < 1.29 is 19.1 Å². The molecule has 0 saturated carbocycles. The Kier molecular flexibility index (Phi) is 4.02. The SMILES string of the molecule is COC(=O)c1ccc2c(NC(=O)CC3COC3)nccc2c1. The number of nitrogens with zero attached hydrogens (tertiary/aromatic N) is 1. The Morgan fingerprint density at radius 1 is 1.36 bits per heavy atom. The quantitative estimate of drug-likeness (QED) is 0.874. The third-order valence-corrected chi connectivity index (χ3v) is 3.62. The van der Waals surface area contributed by atoms with Crippen LogP contribution in [0.3, 0.4) is 0 Å². The first-order valence-corrected chi connectivity index (χ1v) is 7.02. The summed E-state index contributed by atoms with van der Waals surface area (Å²) in [6.07, 6.45) is 2.03. The third-order valence-electron chi connectivity index (χ3n) is 3.62. The number of aromatic nitrogens is 1. The molecule has 0 bridgehead atoms. The van der Waals surface area contributed by atoms with Gasteiger partial charge in [0.15, 0.2) is 0 Å². The van der Waals surface area contributed by atoms with Gasteiger partial charge in [-0.05, 0) is 29.7 Å². The van der Waals surface area contributed by atoms with E-state index in [2.05, 4.69) is 10.3 Å². The second kappa shape index (κ2) is 6.11. The molecule has 0 spiro atoms. The number of rotatable bonds is 4. The van der Waals surface area contributed by atoms with Crippen molar-refractivity contribution in [1.82, 2.24) is 4.98 Å². The molecular formula is C16H16N2O4. The van der Waals surface area contributed by atoms with Crippen LogP contribution in [0.15, 0.2) is 30.5 Å². The van der Waals surface area contributed by atoms with Gasteiger partial charge in [-0.15, -0.1) is 0 Å². The molecule has 6 heteroatoms. The lowest BCUT2D eigenvalue weighted by Gasteiger charge is -2.25. The van der Waals surface area contributed by atoms with Crippen molar-refractivity contribution in [2.24, 2.45) is 5.92 Å². The summed E-state index contributed by atoms with van der Waals surface area (Å²) in [6.45, 7) is 1.28. The molecule has 2 heterocycles. The highest BCUT2D eigenvalue weighted by Crippen LogP contribution is 2.23. The number of nitrogens with one attached hydrogen (secondary N) is 1. The third kappa shape index (κ3) is 2.92. The fraction of sp³-hybridized carbons (Fsp3) is 0.312. The standard InChI is InChI=1S/C16H16N2O4/c1-21-16(20)12-2-3-13-11(7-12)4-5-17-15(13)18-14(19)6-10-8-22-9-10/h2-5,7,10H,6,8-9H2,1H3,(H,17,18,19). The maximum Gasteiger partial charge on any atom is 0.337 e. The lowest BCUT2D eigenvalue weighted by Crippen LogP contribution is -2.31. The number of hydrogen-bond donors (Lipinski definition) is 1. The Hall–Kier alpha value is -2.47. The molecular weight excluding hydrogens is 284 g/mol. The van der Waals surface area contributed by atoms with Gasteiger partial charge in [-0.1, -0.05) is 0 Å². The average Bonchev–Trinajstić information content (AvgIpc) is 2.50. The van der Waals surface area contributed by atoms with Crippen LogP contribution in [-0.4, -0.2) is 37.2 Å². The van der Waals surface area contributed by atoms with Crippen molar-refractivity contribution in [2.75, 3.05) is 25.6 Å². The number of carbonyl (C=O) groups is 2. The molecule has 3 rings (SSSR count). The number of pyridine rings is 1. The summed E-state index contributed by atoms with van der Waals surface area (Å²) in [5, 5.41) is 4.43. The Balaban J connectivity index is 1.83. The first kappa shape index (κ1) is 14.5. The van der Waals surface area contributed by atoms with E-state index in [4.69, 9.17) is 9.47 Å². The summed E-state index contributed by atoms with van der Waals surface area (Å²) in [4.78, 5) is 27.8. The van der Waals surface area contributed by atoms with E-state index in [0.29, 0.717) is 36.9 Å². The van der Waals surface area contributed by atoms with Crippen LogP contribution in [0.4, 0.5) is 5.82 Å². The van der Waals surface area contributed by atoms with Gasteiger partial charge in [0.25, 0.3) is 0 Å². The molecule has 1 aromatic carbocycles. The minimum Gasteiger partial charge on any atom is -0.465 e. The monoisotopic (exact) mass is 300 g/mol. The van der Waals surface area contributed by atoms with Gasteiger partial charge in [0.1, 0.15) is 5.82 Å². The number of hydrogen-bond acceptors (Lipinski definition) is 5. The van der Waals surface area contributed by atoms with Crippen LogP contribution in [0, 0.1) is 5.92 Å². The first-order valence-electron chi connectivity index (χ1n) is 7.02. The Bertz CT molecular complexity index is 725. The average molecular weight is 300 g/mol. The zero-order valence-electron chi connectivity index (χ0n) is 12.2. The molecule has 1 aliphatic rings. The van der Waals surface area contributed by atoms with Crippen LogP contribution in [-0.2, 0) is 14.3 Å². The van der Waals surface area contributed by atoms with Crippen molar-refractivity contribution in [3.8, 4) is 0 Å². The predicted octanol–water partition coefficient (Wildman–Crippen LogP) is 2.00. The number of anilines is 1. The van der Waals surface area contributed by atoms with E-state index in [1.54, 1.807) is 30.5 Å². The summed E-state index contributed by atoms with van der Waals surface area (Å²) in [6, 6.07) is 6.93. The molecule has 0 atom stereocenters. The fourth-order valence-corrected chi connectivity index (χ4v) is 2.37. The number of ether oxygens (including phenoxy) is 2. The molecule has 0 unspecified atom stereocenters. The molecule has 1 aromatic heterocycles. The van der Waals surface area contributed by atoms with E-state index in [0.717, 1.165) is 10.8 Å². The van der Waals surface area contributed by atoms with E-state index in [9.17, 15) is 9.59 Å². The summed E-state index contributed by atoms with van der Waals surface area (Å²) in [5.41, 5.74) is 0.463. The van der Waals surface area contributed by atoms with Gasteiger partial charge in [-0.3, -0.25) is 4.79 Å². The van der Waals surface area contributed by atoms with Crippen LogP contribution in [0.1, 0.15) is 16.8 Å². The highest BCUT2D eigenvalue weighted by Gasteiger charge is 2.22. The normalized spacial score (nSPS) is 14.4. The molecule has 2 aromatic rings. The second-order valence-corrected chi connectivity index (χ2v) is 5.24. The molecule has 6 nitrogen and oxygen atoms in total. The van der Waals surface area contributed by atoms with Gasteiger partial charge >= 0.3 is 5.97 Å². The number of amides is 1. The molecule has 22 heavy (non-hydrogen) atoms. The lowest BCUT2D eigenvalue weighted by atomic mass is 10.0. The highest BCUT2D eigenvalue weighted by molar-refractivity contribution is 6.02. The van der Waals surface area contributed by atoms with Crippen LogP contribution >= 0.6 is 0 Å². The number of esters is 1. The van der Waals surface area contributed by atoms with E-state index >= 15 is 0 Å². The Morgan fingerprint density at radius 2 is 2.18 bits per heavy atom. The second-order valence-electron chi connectivity index (χ2n) is 5.24. The Morgan fingerprint density at radius 3 is 2.86 bits per heavy atom. The van der Waals surface area contributed by atoms with Gasteiger partial charge in [-0.2, -0.15) is 0 Å². The molecule has 114 valence electrons. The zero-order valence-corrected chi connectivity index (χ0v) is 12.2. The maximum atomic E-state index is 12.0. The van der Waals surface area contributed by atoms with E-state index < -0.39 is 5.97 Å². The topological polar surface area (TPSA) is 77.5 Å². The van der Waals surface area contributed by atoms with Crippen molar-refractivity contribution in [2.45, 2.75) is 6.42 Å². The van der Waals surface area contributed by atoms with Crippen LogP contribution < -0.4 is 5.32 Å². The number of benzene rings is 1. The first-order chi connectivity index (χ1) is 10.7. The van der Waals surface area contributed by atoms with Gasteiger partial charge in [-0.25, -0.2) is 9.78 Å². The van der Waals surface area contributed by atoms with Crippen LogP contribution in [0.2, 0.25) is 0 Å². The van der Waals surface area contributed by atoms with Crippen LogP contribution in [0.25, 0.3) is 10.8 Å². The van der Waals surface area contributed by atoms with E-state index in [1.807, 2.05) is 0 Å². The summed E-state index contributed by atoms with van der Waals surface area (Å²) in [7, 11) is 1.34. The van der Waals surface area contributed by atoms with Gasteiger partial charge < -0.3 is 14.8 Å². The van der Waals surface area contributed by atoms with Gasteiger partial charge in [0.2, 0.25) is 5.91 Å². The number of carbonyl (C=O) groups excluding carboxylic acids is 2. The maximum absolute atomic E-state index is 12.0. The summed E-state index contributed by atoms with van der Waals surface area (Å²) < 4.78 is 9.77. The summed E-state index contributed by atoms with van der Waals surface area (Å²) in [5.74, 6) is 0.319. The van der Waals surface area contributed by atoms with Gasteiger partial charge in [0.05, 0.1) is 25.9 Å². The van der Waals surface area contributed by atoms with Crippen molar-refractivity contribution in [3.05, 3.63) is 36.0 Å². The highest BCUT2D eigenvalue weighted by atomic mass is 16.5. The number of fused-ring (bicyclic) bond motifs is 1. The van der Waals surface area contributed by atoms with Crippen molar-refractivity contribution >= 4 is 28.5 Å². The smallest absolute Gasteiger partial charge is 0.337 e. The minimum atomic E-state index is -0.394. The lowest BCUT2D eigenvalue weighted by molar-refractivity contribution is -0.121. The zero-order chi connectivity index (χ0) is 15.5. The number of methoxy groups -OCH3 is 1. The molecule has 1 fully saturated rings. The van der Waals surface area contributed by atoms with E-state index in [1.165, 1.54) is 7.11 Å². The fourth-order valence-electron chi connectivity index (χ4n) is 2.37. The van der Waals surface area contributed by atoms with Gasteiger partial charge in [0, 0.05) is 23.9 Å². The molecule has 1 aliphatic heterocycles. The van der Waals surface area contributed by atoms with E-state index in [-0.39, 0.29) is 5.91 Å². The molecule has 1 saturated heterocycles. The van der Waals surface area contributed by atoms with Crippen LogP contribution in [0.5, 0.6) is 0 Å². The molecule has 0 aliphatic carbocycles. The molecule has 1 amide bonds. The Labute approximate surface area is 127 Å². The summed E-state index contributed by atoms with van der Waals surface area (Å²) >= 11 is 0. The molecule has 0 radical (unpaired) electrons. The van der Waals surface area contributed by atoms with Crippen molar-refractivity contribution in [3.63, 3.8) is 0 Å². The predicted molar refractivity (Wildman–Crippen MR) is 80.6 cm³/mol. The minimum absolute atomic E-state index is 0.0784.